The molecular weight excluding hydrogens is 354 g/mol. The first-order valence-electron chi connectivity index (χ1n) is 7.91. The van der Waals surface area contributed by atoms with Crippen molar-refractivity contribution in [3.8, 4) is 0 Å². The van der Waals surface area contributed by atoms with Gasteiger partial charge in [0.1, 0.15) is 10.9 Å². The first-order valence-corrected chi connectivity index (χ1v) is 8.73. The summed E-state index contributed by atoms with van der Waals surface area (Å²) < 4.78 is 1.06. The van der Waals surface area contributed by atoms with E-state index in [1.54, 1.807) is 13.0 Å². The van der Waals surface area contributed by atoms with Crippen LogP contribution in [0.4, 0.5) is 5.69 Å². The van der Waals surface area contributed by atoms with Crippen LogP contribution in [-0.2, 0) is 4.79 Å². The number of carbonyl (C=O) groups is 2. The monoisotopic (exact) mass is 371 g/mol. The van der Waals surface area contributed by atoms with Gasteiger partial charge in [-0.3, -0.25) is 14.2 Å². The maximum absolute atomic E-state index is 12.7. The molecule has 0 bridgehead atoms. The molecule has 2 N–H and O–H groups in total. The Morgan fingerprint density at radius 1 is 1.27 bits per heavy atom. The molecule has 3 aromatic rings. The Kier molecular flexibility index (Phi) is 4.60. The van der Waals surface area contributed by atoms with Crippen molar-refractivity contribution in [3.05, 3.63) is 57.0 Å². The highest BCUT2D eigenvalue weighted by Crippen LogP contribution is 2.28. The van der Waals surface area contributed by atoms with Crippen LogP contribution < -0.4 is 10.9 Å². The van der Waals surface area contributed by atoms with Crippen LogP contribution in [0.1, 0.15) is 33.8 Å². The number of nitrogens with zero attached hydrogens (tertiary/aromatic N) is 2. The molecule has 2 aromatic heterocycles. The van der Waals surface area contributed by atoms with E-state index in [1.807, 2.05) is 25.1 Å². The third-order valence-corrected chi connectivity index (χ3v) is 5.45. The van der Waals surface area contributed by atoms with Gasteiger partial charge in [-0.2, -0.15) is 0 Å². The fourth-order valence-electron chi connectivity index (χ4n) is 2.64. The zero-order chi connectivity index (χ0) is 19.0. The van der Waals surface area contributed by atoms with E-state index in [2.05, 4.69) is 10.3 Å². The van der Waals surface area contributed by atoms with Crippen molar-refractivity contribution >= 4 is 39.1 Å². The lowest BCUT2D eigenvalue weighted by molar-refractivity contribution is -0.140. The molecule has 0 unspecified atom stereocenters. The van der Waals surface area contributed by atoms with Crippen LogP contribution in [0.3, 0.4) is 0 Å². The average Bonchev–Trinajstić information content (AvgIpc) is 2.94. The predicted octanol–water partition coefficient (Wildman–Crippen LogP) is 2.97. The number of anilines is 1. The van der Waals surface area contributed by atoms with Crippen LogP contribution >= 0.6 is 11.3 Å². The molecule has 134 valence electrons. The zero-order valence-electron chi connectivity index (χ0n) is 14.4. The van der Waals surface area contributed by atoms with Crippen molar-refractivity contribution in [1.82, 2.24) is 9.55 Å². The molecule has 0 fully saturated rings. The fraction of sp³-hybridized carbons (Fsp3) is 0.222. The van der Waals surface area contributed by atoms with Gasteiger partial charge in [0, 0.05) is 5.69 Å². The number of thiophene rings is 1. The van der Waals surface area contributed by atoms with Crippen molar-refractivity contribution in [2.75, 3.05) is 5.32 Å². The van der Waals surface area contributed by atoms with Crippen molar-refractivity contribution in [2.24, 2.45) is 0 Å². The smallest absolute Gasteiger partial charge is 0.326 e. The number of aromatic nitrogens is 2. The summed E-state index contributed by atoms with van der Waals surface area (Å²) in [5, 5.41) is 12.3. The van der Waals surface area contributed by atoms with E-state index in [-0.39, 0.29) is 11.3 Å². The lowest BCUT2D eigenvalue weighted by Gasteiger charge is -2.09. The molecule has 0 aliphatic rings. The number of hydrogen-bond donors (Lipinski definition) is 2. The van der Waals surface area contributed by atoms with Gasteiger partial charge in [-0.15, -0.1) is 11.3 Å². The quantitative estimate of drug-likeness (QED) is 0.734. The second-order valence-electron chi connectivity index (χ2n) is 5.98. The highest BCUT2D eigenvalue weighted by molar-refractivity contribution is 7.20. The number of amides is 1. The van der Waals surface area contributed by atoms with Crippen molar-refractivity contribution in [3.63, 3.8) is 0 Å². The molecule has 7 nitrogen and oxygen atoms in total. The van der Waals surface area contributed by atoms with Crippen LogP contribution in [0, 0.1) is 13.8 Å². The number of carbonyl (C=O) groups excluding carboxylic acids is 1. The number of fused-ring (bicyclic) bond motifs is 1. The summed E-state index contributed by atoms with van der Waals surface area (Å²) in [6.07, 6.45) is 1.21. The Hall–Kier alpha value is -3.00. The summed E-state index contributed by atoms with van der Waals surface area (Å²) >= 11 is 1.12. The van der Waals surface area contributed by atoms with E-state index in [0.717, 1.165) is 21.5 Å². The number of benzene rings is 1. The topological polar surface area (TPSA) is 101 Å². The highest BCUT2D eigenvalue weighted by Gasteiger charge is 2.22. The molecule has 3 rings (SSSR count). The van der Waals surface area contributed by atoms with Gasteiger partial charge in [0.05, 0.1) is 16.6 Å². The van der Waals surface area contributed by atoms with Gasteiger partial charge in [-0.05, 0) is 38.0 Å². The summed E-state index contributed by atoms with van der Waals surface area (Å²) in [6.45, 7) is 4.97. The molecule has 26 heavy (non-hydrogen) atoms. The van der Waals surface area contributed by atoms with Gasteiger partial charge in [0.2, 0.25) is 0 Å². The zero-order valence-corrected chi connectivity index (χ0v) is 15.3. The van der Waals surface area contributed by atoms with Gasteiger partial charge in [-0.25, -0.2) is 9.78 Å². The van der Waals surface area contributed by atoms with E-state index in [0.29, 0.717) is 21.0 Å². The number of carboxylic acid groups (broad SMARTS) is 1. The lowest BCUT2D eigenvalue weighted by Crippen LogP contribution is -2.28. The van der Waals surface area contributed by atoms with E-state index < -0.39 is 17.6 Å². The summed E-state index contributed by atoms with van der Waals surface area (Å²) in [6, 6.07) is 6.36. The first-order chi connectivity index (χ1) is 12.3. The Labute approximate surface area is 152 Å². The third-order valence-electron chi connectivity index (χ3n) is 4.25. The Balaban J connectivity index is 2.06. The second-order valence-corrected chi connectivity index (χ2v) is 6.98. The van der Waals surface area contributed by atoms with Crippen LogP contribution in [0.2, 0.25) is 0 Å². The van der Waals surface area contributed by atoms with Crippen molar-refractivity contribution in [1.29, 1.82) is 0 Å². The third kappa shape index (κ3) is 2.99. The number of para-hydroxylation sites is 1. The minimum absolute atomic E-state index is 0.278. The Morgan fingerprint density at radius 2 is 1.96 bits per heavy atom. The summed E-state index contributed by atoms with van der Waals surface area (Å²) in [7, 11) is 0. The molecule has 1 aromatic carbocycles. The van der Waals surface area contributed by atoms with E-state index in [1.165, 1.54) is 13.3 Å². The molecule has 1 amide bonds. The molecule has 0 spiro atoms. The minimum Gasteiger partial charge on any atom is -0.480 e. The van der Waals surface area contributed by atoms with Crippen LogP contribution in [0.25, 0.3) is 10.2 Å². The van der Waals surface area contributed by atoms with Gasteiger partial charge in [-0.1, -0.05) is 18.2 Å². The maximum atomic E-state index is 12.7. The largest absolute Gasteiger partial charge is 0.480 e. The Morgan fingerprint density at radius 3 is 2.62 bits per heavy atom. The number of nitrogens with one attached hydrogen (secondary N) is 1. The SMILES string of the molecule is Cc1ccccc1NC(=O)c1sc2ncn([C@H](C)C(=O)O)c(=O)c2c1C. The van der Waals surface area contributed by atoms with Gasteiger partial charge >= 0.3 is 5.97 Å². The maximum Gasteiger partial charge on any atom is 0.326 e. The number of carboxylic acids is 1. The van der Waals surface area contributed by atoms with Crippen LogP contribution in [0.15, 0.2) is 35.4 Å². The fourth-order valence-corrected chi connectivity index (χ4v) is 3.68. The molecule has 0 aliphatic carbocycles. The summed E-state index contributed by atoms with van der Waals surface area (Å²) in [5.74, 6) is -1.45. The summed E-state index contributed by atoms with van der Waals surface area (Å²) in [5.41, 5.74) is 1.66. The highest BCUT2D eigenvalue weighted by atomic mass is 32.1. The molecule has 0 saturated heterocycles. The van der Waals surface area contributed by atoms with Crippen LogP contribution in [0.5, 0.6) is 0 Å². The second kappa shape index (κ2) is 6.72. The number of hydrogen-bond acceptors (Lipinski definition) is 5. The minimum atomic E-state index is -1.13. The van der Waals surface area contributed by atoms with Gasteiger partial charge in [0.25, 0.3) is 11.5 Å². The van der Waals surface area contributed by atoms with Crippen molar-refractivity contribution in [2.45, 2.75) is 26.8 Å². The van der Waals surface area contributed by atoms with Crippen molar-refractivity contribution < 1.29 is 14.7 Å². The van der Waals surface area contributed by atoms with Gasteiger partial charge < -0.3 is 10.4 Å². The predicted molar refractivity (Wildman–Crippen MR) is 100 cm³/mol. The van der Waals surface area contributed by atoms with E-state index >= 15 is 0 Å². The van der Waals surface area contributed by atoms with E-state index in [4.69, 9.17) is 5.11 Å². The number of aliphatic carboxylic acids is 1. The van der Waals surface area contributed by atoms with Crippen LogP contribution in [-0.4, -0.2) is 26.5 Å². The molecule has 0 saturated carbocycles. The molecular formula is C18H17N3O4S. The standard InChI is InChI=1S/C18H17N3O4S/c1-9-6-4-5-7-12(9)20-15(22)14-10(2)13-16(26-14)19-8-21(17(13)23)11(3)18(24)25/h4-8,11H,1-3H3,(H,20,22)(H,24,25)/t11-/m1/s1. The molecule has 8 heteroatoms. The molecule has 0 radical (unpaired) electrons. The Bertz CT molecular complexity index is 1080. The summed E-state index contributed by atoms with van der Waals surface area (Å²) in [4.78, 5) is 41.5. The normalized spacial score (nSPS) is 12.1. The lowest BCUT2D eigenvalue weighted by atomic mass is 10.1. The first kappa shape index (κ1) is 17.8. The van der Waals surface area contributed by atoms with Gasteiger partial charge in [0.15, 0.2) is 0 Å². The number of aryl methyl sites for hydroxylation is 2. The number of rotatable bonds is 4. The molecule has 1 atom stereocenters. The molecule has 0 aliphatic heterocycles. The average molecular weight is 371 g/mol. The molecule has 2 heterocycles. The van der Waals surface area contributed by atoms with E-state index in [9.17, 15) is 14.4 Å².